The molecule has 7 nitrogen and oxygen atoms in total. The minimum Gasteiger partial charge on any atom is -0.497 e. The molecule has 142 valence electrons. The number of benzene rings is 1. The van der Waals surface area contributed by atoms with E-state index >= 15 is 0 Å². The fourth-order valence-electron chi connectivity index (χ4n) is 2.79. The molecule has 1 aliphatic rings. The molecule has 2 aromatic rings. The number of nitrogens with zero attached hydrogens (tertiary/aromatic N) is 2. The second-order valence-corrected chi connectivity index (χ2v) is 6.36. The number of methoxy groups -OCH3 is 1. The molecule has 0 saturated carbocycles. The Balaban J connectivity index is 1.84. The number of carbonyl (C=O) groups is 2. The summed E-state index contributed by atoms with van der Waals surface area (Å²) in [5.74, 6) is 0.210. The Bertz CT molecular complexity index is 804. The molecule has 1 aliphatic heterocycles. The Morgan fingerprint density at radius 3 is 2.41 bits per heavy atom. The molecule has 0 bridgehead atoms. The van der Waals surface area contributed by atoms with E-state index in [-0.39, 0.29) is 17.4 Å². The van der Waals surface area contributed by atoms with E-state index in [1.54, 1.807) is 42.4 Å². The molecule has 27 heavy (non-hydrogen) atoms. The number of hydrogen-bond acceptors (Lipinski definition) is 5. The van der Waals surface area contributed by atoms with E-state index in [2.05, 4.69) is 10.2 Å². The normalized spacial score (nSPS) is 15.5. The van der Waals surface area contributed by atoms with Crippen LogP contribution in [0.3, 0.4) is 0 Å². The van der Waals surface area contributed by atoms with Crippen LogP contribution in [0, 0.1) is 0 Å². The highest BCUT2D eigenvalue weighted by Crippen LogP contribution is 2.15. The number of nitrogens with one attached hydrogen (secondary N) is 1. The van der Waals surface area contributed by atoms with Crippen LogP contribution in [0.15, 0.2) is 52.8 Å². The molecule has 0 atom stereocenters. The molecule has 0 spiro atoms. The predicted molar refractivity (Wildman–Crippen MR) is 101 cm³/mol. The Kier molecular flexibility index (Phi) is 5.93. The summed E-state index contributed by atoms with van der Waals surface area (Å²) < 4.78 is 10.3. The summed E-state index contributed by atoms with van der Waals surface area (Å²) in [6.07, 6.45) is 3.09. The third-order valence-electron chi connectivity index (χ3n) is 4.44. The minimum atomic E-state index is -0.456. The van der Waals surface area contributed by atoms with Gasteiger partial charge in [0, 0.05) is 26.2 Å². The number of rotatable bonds is 5. The van der Waals surface area contributed by atoms with Gasteiger partial charge in [0.05, 0.1) is 13.4 Å². The van der Waals surface area contributed by atoms with Crippen molar-refractivity contribution in [2.75, 3.05) is 40.3 Å². The highest BCUT2D eigenvalue weighted by molar-refractivity contribution is 6.04. The molecule has 1 aromatic heterocycles. The highest BCUT2D eigenvalue weighted by atomic mass is 16.5. The zero-order chi connectivity index (χ0) is 19.2. The van der Waals surface area contributed by atoms with Crippen LogP contribution in [-0.2, 0) is 4.79 Å². The van der Waals surface area contributed by atoms with Crippen LogP contribution in [0.25, 0.3) is 6.08 Å². The molecule has 7 heteroatoms. The minimum absolute atomic E-state index is 0.154. The summed E-state index contributed by atoms with van der Waals surface area (Å²) in [5.41, 5.74) is 0.999. The maximum absolute atomic E-state index is 13.0. The Morgan fingerprint density at radius 2 is 1.81 bits per heavy atom. The van der Waals surface area contributed by atoms with E-state index in [1.165, 1.54) is 6.26 Å². The molecular weight excluding hydrogens is 346 g/mol. The second kappa shape index (κ2) is 8.55. The first-order valence-electron chi connectivity index (χ1n) is 8.75. The quantitative estimate of drug-likeness (QED) is 0.814. The summed E-state index contributed by atoms with van der Waals surface area (Å²) in [7, 11) is 3.62. The first-order valence-corrected chi connectivity index (χ1v) is 8.75. The summed E-state index contributed by atoms with van der Waals surface area (Å²) in [6, 6.07) is 10.4. The van der Waals surface area contributed by atoms with Gasteiger partial charge in [0.2, 0.25) is 0 Å². The largest absolute Gasteiger partial charge is 0.497 e. The van der Waals surface area contributed by atoms with E-state index in [9.17, 15) is 9.59 Å². The average Bonchev–Trinajstić information content (AvgIpc) is 3.23. The van der Waals surface area contributed by atoms with Crippen molar-refractivity contribution in [3.63, 3.8) is 0 Å². The molecule has 3 rings (SSSR count). The zero-order valence-electron chi connectivity index (χ0n) is 15.5. The summed E-state index contributed by atoms with van der Waals surface area (Å²) in [6.45, 7) is 2.83. The van der Waals surface area contributed by atoms with Crippen molar-refractivity contribution >= 4 is 17.9 Å². The summed E-state index contributed by atoms with van der Waals surface area (Å²) in [5, 5.41) is 2.70. The standard InChI is InChI=1S/C20H23N3O4/c1-22-9-11-23(12-10-22)20(25)17(21-19(24)18-4-3-13-27-18)14-15-5-7-16(26-2)8-6-15/h3-8,13-14H,9-12H2,1-2H3,(H,21,24)/b17-14-. The first kappa shape index (κ1) is 18.7. The molecule has 0 aliphatic carbocycles. The summed E-state index contributed by atoms with van der Waals surface area (Å²) in [4.78, 5) is 29.3. The number of likely N-dealkylation sites (N-methyl/N-ethyl adjacent to an activating group) is 1. The van der Waals surface area contributed by atoms with E-state index in [4.69, 9.17) is 9.15 Å². The van der Waals surface area contributed by atoms with Crippen LogP contribution in [-0.4, -0.2) is 62.0 Å². The molecule has 2 amide bonds. The maximum Gasteiger partial charge on any atom is 0.291 e. The lowest BCUT2D eigenvalue weighted by Gasteiger charge is -2.33. The number of hydrogen-bond donors (Lipinski definition) is 1. The van der Waals surface area contributed by atoms with Crippen molar-refractivity contribution in [3.05, 3.63) is 59.7 Å². The molecule has 0 radical (unpaired) electrons. The van der Waals surface area contributed by atoms with Crippen molar-refractivity contribution in [1.29, 1.82) is 0 Å². The van der Waals surface area contributed by atoms with Gasteiger partial charge in [0.1, 0.15) is 11.4 Å². The maximum atomic E-state index is 13.0. The predicted octanol–water partition coefficient (Wildman–Crippen LogP) is 1.83. The number of carbonyl (C=O) groups excluding carboxylic acids is 2. The van der Waals surface area contributed by atoms with Gasteiger partial charge < -0.3 is 24.3 Å². The second-order valence-electron chi connectivity index (χ2n) is 6.36. The molecule has 1 fully saturated rings. The molecule has 0 unspecified atom stereocenters. The van der Waals surface area contributed by atoms with Crippen LogP contribution in [0.2, 0.25) is 0 Å². The fourth-order valence-corrected chi connectivity index (χ4v) is 2.79. The van der Waals surface area contributed by atoms with Gasteiger partial charge in [-0.1, -0.05) is 12.1 Å². The van der Waals surface area contributed by atoms with Gasteiger partial charge in [-0.2, -0.15) is 0 Å². The van der Waals surface area contributed by atoms with Crippen molar-refractivity contribution in [1.82, 2.24) is 15.1 Å². The van der Waals surface area contributed by atoms with Gasteiger partial charge in [-0.05, 0) is 43.0 Å². The Morgan fingerprint density at radius 1 is 1.11 bits per heavy atom. The van der Waals surface area contributed by atoms with Crippen LogP contribution in [0.4, 0.5) is 0 Å². The molecule has 1 aromatic carbocycles. The van der Waals surface area contributed by atoms with Crippen molar-refractivity contribution < 1.29 is 18.7 Å². The average molecular weight is 369 g/mol. The first-order chi connectivity index (χ1) is 13.1. The van der Waals surface area contributed by atoms with E-state index < -0.39 is 5.91 Å². The number of furan rings is 1. The van der Waals surface area contributed by atoms with Gasteiger partial charge in [-0.15, -0.1) is 0 Å². The molecular formula is C20H23N3O4. The number of piperazine rings is 1. The Labute approximate surface area is 158 Å². The van der Waals surface area contributed by atoms with E-state index in [0.29, 0.717) is 13.1 Å². The summed E-state index contributed by atoms with van der Waals surface area (Å²) >= 11 is 0. The van der Waals surface area contributed by atoms with Crippen LogP contribution < -0.4 is 10.1 Å². The zero-order valence-corrected chi connectivity index (χ0v) is 15.5. The van der Waals surface area contributed by atoms with Crippen molar-refractivity contribution in [3.8, 4) is 5.75 Å². The van der Waals surface area contributed by atoms with E-state index in [0.717, 1.165) is 24.4 Å². The van der Waals surface area contributed by atoms with Crippen LogP contribution >= 0.6 is 0 Å². The van der Waals surface area contributed by atoms with Gasteiger partial charge in [0.25, 0.3) is 11.8 Å². The lowest BCUT2D eigenvalue weighted by molar-refractivity contribution is -0.128. The number of ether oxygens (including phenoxy) is 1. The van der Waals surface area contributed by atoms with Gasteiger partial charge >= 0.3 is 0 Å². The smallest absolute Gasteiger partial charge is 0.291 e. The van der Waals surface area contributed by atoms with Crippen molar-refractivity contribution in [2.24, 2.45) is 0 Å². The lowest BCUT2D eigenvalue weighted by atomic mass is 10.1. The molecule has 1 N–H and O–H groups in total. The molecule has 2 heterocycles. The number of amides is 2. The van der Waals surface area contributed by atoms with Crippen LogP contribution in [0.5, 0.6) is 5.75 Å². The monoisotopic (exact) mass is 369 g/mol. The topological polar surface area (TPSA) is 75.0 Å². The highest BCUT2D eigenvalue weighted by Gasteiger charge is 2.24. The van der Waals surface area contributed by atoms with Crippen LogP contribution in [0.1, 0.15) is 16.1 Å². The third kappa shape index (κ3) is 4.77. The van der Waals surface area contributed by atoms with Crippen molar-refractivity contribution in [2.45, 2.75) is 0 Å². The Hall–Kier alpha value is -3.06. The molecule has 1 saturated heterocycles. The van der Waals surface area contributed by atoms with Gasteiger partial charge in [0.15, 0.2) is 5.76 Å². The lowest BCUT2D eigenvalue weighted by Crippen LogP contribution is -2.49. The van der Waals surface area contributed by atoms with Gasteiger partial charge in [-0.3, -0.25) is 9.59 Å². The fraction of sp³-hybridized carbons (Fsp3) is 0.300. The van der Waals surface area contributed by atoms with E-state index in [1.807, 2.05) is 19.2 Å². The third-order valence-corrected chi connectivity index (χ3v) is 4.44. The van der Waals surface area contributed by atoms with Gasteiger partial charge in [-0.25, -0.2) is 0 Å². The SMILES string of the molecule is COc1ccc(/C=C(\NC(=O)c2ccco2)C(=O)N2CCN(C)CC2)cc1.